The van der Waals surface area contributed by atoms with Crippen molar-refractivity contribution in [3.8, 4) is 0 Å². The van der Waals surface area contributed by atoms with Gasteiger partial charge in [-0.1, -0.05) is 13.8 Å². The van der Waals surface area contributed by atoms with Crippen molar-refractivity contribution in [3.05, 3.63) is 24.2 Å². The minimum atomic E-state index is 0.515. The lowest BCUT2D eigenvalue weighted by atomic mass is 10.0. The van der Waals surface area contributed by atoms with Crippen LogP contribution >= 0.6 is 0 Å². The Morgan fingerprint density at radius 3 is 2.77 bits per heavy atom. The molecule has 0 radical (unpaired) electrons. The van der Waals surface area contributed by atoms with Gasteiger partial charge >= 0.3 is 0 Å². The van der Waals surface area contributed by atoms with Crippen molar-refractivity contribution in [2.75, 3.05) is 0 Å². The third-order valence-corrected chi connectivity index (χ3v) is 2.26. The summed E-state index contributed by atoms with van der Waals surface area (Å²) in [4.78, 5) is 8.43. The van der Waals surface area contributed by atoms with E-state index in [1.807, 2.05) is 24.1 Å². The summed E-state index contributed by atoms with van der Waals surface area (Å²) in [7, 11) is 2.00. The molecule has 0 aliphatic rings. The molecular weight excluding hydrogens is 162 g/mol. The van der Waals surface area contributed by atoms with E-state index in [9.17, 15) is 0 Å². The molecule has 0 atom stereocenters. The van der Waals surface area contributed by atoms with Crippen molar-refractivity contribution in [2.24, 2.45) is 7.05 Å². The van der Waals surface area contributed by atoms with Crippen molar-refractivity contribution in [3.63, 3.8) is 0 Å². The third kappa shape index (κ3) is 1.20. The Balaban J connectivity index is 2.80. The van der Waals surface area contributed by atoms with E-state index in [1.54, 1.807) is 0 Å². The zero-order chi connectivity index (χ0) is 9.42. The maximum Gasteiger partial charge on any atom is 0.177 e. The molecule has 2 aromatic rings. The molecule has 0 unspecified atom stereocenters. The first-order chi connectivity index (χ1) is 6.20. The Kier molecular flexibility index (Phi) is 1.79. The van der Waals surface area contributed by atoms with Gasteiger partial charge in [-0.05, 0) is 17.5 Å². The second kappa shape index (κ2) is 2.83. The number of aromatic nitrogens is 3. The SMILES string of the molecule is CC(C)c1ccnc2ncn(C)c12. The molecule has 68 valence electrons. The number of fused-ring (bicyclic) bond motifs is 1. The van der Waals surface area contributed by atoms with Gasteiger partial charge in [0, 0.05) is 13.2 Å². The molecule has 0 aliphatic heterocycles. The molecule has 3 heteroatoms. The smallest absolute Gasteiger partial charge is 0.177 e. The highest BCUT2D eigenvalue weighted by molar-refractivity contribution is 5.75. The Labute approximate surface area is 77.4 Å². The maximum atomic E-state index is 4.21. The standard InChI is InChI=1S/C10H13N3/c1-7(2)8-4-5-11-10-9(8)13(3)6-12-10/h4-7H,1-3H3. The van der Waals surface area contributed by atoms with Crippen LogP contribution in [0.1, 0.15) is 25.3 Å². The highest BCUT2D eigenvalue weighted by atomic mass is 15.1. The van der Waals surface area contributed by atoms with Crippen LogP contribution in [-0.4, -0.2) is 14.5 Å². The lowest BCUT2D eigenvalue weighted by Gasteiger charge is -2.07. The molecule has 0 bridgehead atoms. The van der Waals surface area contributed by atoms with Gasteiger partial charge in [0.1, 0.15) is 0 Å². The summed E-state index contributed by atoms with van der Waals surface area (Å²) < 4.78 is 2.03. The average molecular weight is 175 g/mol. The number of nitrogens with zero attached hydrogens (tertiary/aromatic N) is 3. The lowest BCUT2D eigenvalue weighted by molar-refractivity contribution is 0.853. The summed E-state index contributed by atoms with van der Waals surface area (Å²) in [5.41, 5.74) is 3.30. The van der Waals surface area contributed by atoms with E-state index >= 15 is 0 Å². The van der Waals surface area contributed by atoms with Crippen LogP contribution in [0.15, 0.2) is 18.6 Å². The van der Waals surface area contributed by atoms with E-state index in [0.717, 1.165) is 11.2 Å². The summed E-state index contributed by atoms with van der Waals surface area (Å²) in [5, 5.41) is 0. The van der Waals surface area contributed by atoms with Crippen LogP contribution in [0.5, 0.6) is 0 Å². The van der Waals surface area contributed by atoms with Crippen molar-refractivity contribution in [2.45, 2.75) is 19.8 Å². The molecule has 0 saturated heterocycles. The van der Waals surface area contributed by atoms with Gasteiger partial charge in [-0.15, -0.1) is 0 Å². The molecule has 0 amide bonds. The number of imidazole rings is 1. The molecule has 13 heavy (non-hydrogen) atoms. The van der Waals surface area contributed by atoms with Crippen LogP contribution in [0.4, 0.5) is 0 Å². The maximum absolute atomic E-state index is 4.21. The van der Waals surface area contributed by atoms with Gasteiger partial charge in [0.2, 0.25) is 0 Å². The van der Waals surface area contributed by atoms with Crippen LogP contribution in [0.3, 0.4) is 0 Å². The minimum Gasteiger partial charge on any atom is -0.332 e. The number of hydrogen-bond donors (Lipinski definition) is 0. The summed E-state index contributed by atoms with van der Waals surface area (Å²) in [6.45, 7) is 4.36. The molecule has 0 N–H and O–H groups in total. The van der Waals surface area contributed by atoms with E-state index in [4.69, 9.17) is 0 Å². The Morgan fingerprint density at radius 1 is 1.31 bits per heavy atom. The Hall–Kier alpha value is -1.38. The molecule has 0 aromatic carbocycles. The van der Waals surface area contributed by atoms with Gasteiger partial charge in [0.25, 0.3) is 0 Å². The summed E-state index contributed by atoms with van der Waals surface area (Å²) in [6.07, 6.45) is 3.63. The molecule has 0 spiro atoms. The van der Waals surface area contributed by atoms with Gasteiger partial charge in [-0.25, -0.2) is 9.97 Å². The second-order valence-electron chi connectivity index (χ2n) is 3.58. The number of aryl methyl sites for hydroxylation is 1. The van der Waals surface area contributed by atoms with Gasteiger partial charge in [-0.3, -0.25) is 0 Å². The number of rotatable bonds is 1. The lowest BCUT2D eigenvalue weighted by Crippen LogP contribution is -1.94. The van der Waals surface area contributed by atoms with Crippen LogP contribution < -0.4 is 0 Å². The fraction of sp³-hybridized carbons (Fsp3) is 0.400. The zero-order valence-electron chi connectivity index (χ0n) is 8.15. The largest absolute Gasteiger partial charge is 0.332 e. The quantitative estimate of drug-likeness (QED) is 0.664. The minimum absolute atomic E-state index is 0.515. The Morgan fingerprint density at radius 2 is 2.08 bits per heavy atom. The summed E-state index contributed by atoms with van der Waals surface area (Å²) >= 11 is 0. The molecule has 2 aromatic heterocycles. The van der Waals surface area contributed by atoms with Crippen molar-refractivity contribution >= 4 is 11.2 Å². The average Bonchev–Trinajstić information content (AvgIpc) is 2.48. The summed E-state index contributed by atoms with van der Waals surface area (Å²) in [6, 6.07) is 2.06. The van der Waals surface area contributed by atoms with E-state index in [2.05, 4.69) is 29.9 Å². The second-order valence-corrected chi connectivity index (χ2v) is 3.58. The zero-order valence-corrected chi connectivity index (χ0v) is 8.15. The van der Waals surface area contributed by atoms with Crippen LogP contribution in [0, 0.1) is 0 Å². The monoisotopic (exact) mass is 175 g/mol. The van der Waals surface area contributed by atoms with Crippen LogP contribution in [-0.2, 0) is 7.05 Å². The fourth-order valence-corrected chi connectivity index (χ4v) is 1.58. The van der Waals surface area contributed by atoms with Crippen molar-refractivity contribution in [1.82, 2.24) is 14.5 Å². The number of pyridine rings is 1. The van der Waals surface area contributed by atoms with E-state index in [-0.39, 0.29) is 0 Å². The number of hydrogen-bond acceptors (Lipinski definition) is 2. The van der Waals surface area contributed by atoms with Crippen LogP contribution in [0.25, 0.3) is 11.2 Å². The first-order valence-electron chi connectivity index (χ1n) is 4.46. The molecule has 0 fully saturated rings. The van der Waals surface area contributed by atoms with Gasteiger partial charge < -0.3 is 4.57 Å². The molecule has 0 saturated carbocycles. The van der Waals surface area contributed by atoms with Gasteiger partial charge in [0.05, 0.1) is 11.8 Å². The molecule has 3 nitrogen and oxygen atoms in total. The fourth-order valence-electron chi connectivity index (χ4n) is 1.58. The predicted octanol–water partition coefficient (Wildman–Crippen LogP) is 2.09. The highest BCUT2D eigenvalue weighted by Crippen LogP contribution is 2.22. The normalized spacial score (nSPS) is 11.4. The van der Waals surface area contributed by atoms with E-state index in [0.29, 0.717) is 5.92 Å². The first-order valence-corrected chi connectivity index (χ1v) is 4.46. The van der Waals surface area contributed by atoms with Gasteiger partial charge in [0.15, 0.2) is 5.65 Å². The molecule has 0 aliphatic carbocycles. The van der Waals surface area contributed by atoms with Crippen molar-refractivity contribution in [1.29, 1.82) is 0 Å². The molecule has 2 heterocycles. The third-order valence-electron chi connectivity index (χ3n) is 2.26. The molecule has 2 rings (SSSR count). The molecular formula is C10H13N3. The predicted molar refractivity (Wildman–Crippen MR) is 52.6 cm³/mol. The van der Waals surface area contributed by atoms with Crippen LogP contribution in [0.2, 0.25) is 0 Å². The topological polar surface area (TPSA) is 30.7 Å². The first kappa shape index (κ1) is 8.23. The highest BCUT2D eigenvalue weighted by Gasteiger charge is 2.08. The van der Waals surface area contributed by atoms with Gasteiger partial charge in [-0.2, -0.15) is 0 Å². The Bertz CT molecular complexity index is 429. The van der Waals surface area contributed by atoms with E-state index in [1.165, 1.54) is 5.56 Å². The summed E-state index contributed by atoms with van der Waals surface area (Å²) in [5.74, 6) is 0.515. The van der Waals surface area contributed by atoms with Crippen molar-refractivity contribution < 1.29 is 0 Å². The van der Waals surface area contributed by atoms with E-state index < -0.39 is 0 Å².